The molecule has 0 spiro atoms. The molecule has 0 aromatic heterocycles. The molecule has 3 unspecified atom stereocenters. The Balaban J connectivity index is 2.25. The van der Waals surface area contributed by atoms with E-state index in [0.717, 1.165) is 19.3 Å². The molecule has 1 rings (SSSR count). The molecule has 0 heterocycles. The molecule has 0 bridgehead atoms. The van der Waals surface area contributed by atoms with Crippen LogP contribution in [0, 0.1) is 23.2 Å². The van der Waals surface area contributed by atoms with E-state index in [-0.39, 0.29) is 12.0 Å². The van der Waals surface area contributed by atoms with Gasteiger partial charge in [-0.25, -0.2) is 0 Å². The van der Waals surface area contributed by atoms with Gasteiger partial charge in [-0.15, -0.1) is 0 Å². The fourth-order valence-corrected chi connectivity index (χ4v) is 1.94. The molecule has 1 fully saturated rings. The number of carbonyl (C=O) groups is 1. The van der Waals surface area contributed by atoms with Gasteiger partial charge in [0.1, 0.15) is 5.92 Å². The molecule has 84 valence electrons. The molecule has 4 nitrogen and oxygen atoms in total. The highest BCUT2D eigenvalue weighted by molar-refractivity contribution is 5.80. The average molecular weight is 210 g/mol. The molecule has 0 aromatic carbocycles. The van der Waals surface area contributed by atoms with Gasteiger partial charge in [-0.05, 0) is 31.6 Å². The number of nitrogens with one attached hydrogen (secondary N) is 1. The fourth-order valence-electron chi connectivity index (χ4n) is 1.94. The molecule has 4 heteroatoms. The van der Waals surface area contributed by atoms with Crippen molar-refractivity contribution < 1.29 is 9.90 Å². The summed E-state index contributed by atoms with van der Waals surface area (Å²) in [7, 11) is 0. The van der Waals surface area contributed by atoms with Crippen molar-refractivity contribution in [3.8, 4) is 6.07 Å². The first-order chi connectivity index (χ1) is 7.17. The Bertz CT molecular complexity index is 260. The number of aliphatic hydroxyl groups excluding tert-OH is 1. The number of nitriles is 1. The number of nitrogens with zero attached hydrogens (tertiary/aromatic N) is 1. The first-order valence-electron chi connectivity index (χ1n) is 5.52. The summed E-state index contributed by atoms with van der Waals surface area (Å²) in [5, 5.41) is 20.8. The average Bonchev–Trinajstić information content (AvgIpc) is 2.63. The maximum Gasteiger partial charge on any atom is 0.237 e. The summed E-state index contributed by atoms with van der Waals surface area (Å²) in [6.45, 7) is 2.42. The van der Waals surface area contributed by atoms with Crippen LogP contribution in [0.2, 0.25) is 0 Å². The van der Waals surface area contributed by atoms with Gasteiger partial charge in [-0.3, -0.25) is 4.79 Å². The van der Waals surface area contributed by atoms with Crippen LogP contribution in [0.1, 0.15) is 32.6 Å². The molecule has 1 amide bonds. The quantitative estimate of drug-likeness (QED) is 0.721. The first kappa shape index (κ1) is 12.0. The normalized spacial score (nSPS) is 27.0. The third-order valence-electron chi connectivity index (χ3n) is 2.96. The van der Waals surface area contributed by atoms with Crippen LogP contribution in [0.15, 0.2) is 0 Å². The Morgan fingerprint density at radius 3 is 2.87 bits per heavy atom. The fraction of sp³-hybridized carbons (Fsp3) is 0.818. The molecular weight excluding hydrogens is 192 g/mol. The molecule has 1 saturated carbocycles. The van der Waals surface area contributed by atoms with E-state index >= 15 is 0 Å². The van der Waals surface area contributed by atoms with Crippen LogP contribution in [0.5, 0.6) is 0 Å². The molecule has 2 N–H and O–H groups in total. The lowest BCUT2D eigenvalue weighted by Crippen LogP contribution is -2.33. The number of hydrogen-bond acceptors (Lipinski definition) is 3. The Hall–Kier alpha value is -1.08. The second-order valence-electron chi connectivity index (χ2n) is 4.17. The summed E-state index contributed by atoms with van der Waals surface area (Å²) in [6, 6.07) is 1.97. The van der Waals surface area contributed by atoms with E-state index in [4.69, 9.17) is 5.26 Å². The van der Waals surface area contributed by atoms with Crippen LogP contribution in [0.4, 0.5) is 0 Å². The third kappa shape index (κ3) is 3.52. The Morgan fingerprint density at radius 1 is 1.67 bits per heavy atom. The Labute approximate surface area is 90.3 Å². The van der Waals surface area contributed by atoms with Crippen molar-refractivity contribution >= 4 is 5.91 Å². The summed E-state index contributed by atoms with van der Waals surface area (Å²) in [4.78, 5) is 11.4. The van der Waals surface area contributed by atoms with Crippen molar-refractivity contribution in [3.63, 3.8) is 0 Å². The molecule has 3 atom stereocenters. The zero-order valence-electron chi connectivity index (χ0n) is 9.07. The Kier molecular flexibility index (Phi) is 4.57. The topological polar surface area (TPSA) is 73.1 Å². The van der Waals surface area contributed by atoms with E-state index in [9.17, 15) is 9.90 Å². The lowest BCUT2D eigenvalue weighted by atomic mass is 10.1. The number of hydrogen-bond donors (Lipinski definition) is 2. The van der Waals surface area contributed by atoms with Gasteiger partial charge < -0.3 is 10.4 Å². The predicted molar refractivity (Wildman–Crippen MR) is 55.8 cm³/mol. The maximum absolute atomic E-state index is 11.4. The summed E-state index contributed by atoms with van der Waals surface area (Å²) < 4.78 is 0. The molecule has 0 saturated heterocycles. The van der Waals surface area contributed by atoms with Crippen LogP contribution in [0.25, 0.3) is 0 Å². The highest BCUT2D eigenvalue weighted by Gasteiger charge is 2.24. The standard InChI is InChI=1S/C11H18N2O2/c1-2-9(6-12)11(15)13-7-8-3-4-10(14)5-8/h8-10,14H,2-5,7H2,1H3,(H,13,15). The van der Waals surface area contributed by atoms with Crippen molar-refractivity contribution in [1.29, 1.82) is 5.26 Å². The van der Waals surface area contributed by atoms with Crippen LogP contribution < -0.4 is 5.32 Å². The summed E-state index contributed by atoms with van der Waals surface area (Å²) in [6.07, 6.45) is 2.91. The molecule has 1 aliphatic carbocycles. The number of rotatable bonds is 4. The minimum atomic E-state index is -0.531. The van der Waals surface area contributed by atoms with Crippen molar-refractivity contribution in [2.45, 2.75) is 38.7 Å². The van der Waals surface area contributed by atoms with Gasteiger partial charge in [0.05, 0.1) is 12.2 Å². The second-order valence-corrected chi connectivity index (χ2v) is 4.17. The van der Waals surface area contributed by atoms with Gasteiger partial charge >= 0.3 is 0 Å². The molecule has 0 radical (unpaired) electrons. The largest absolute Gasteiger partial charge is 0.393 e. The smallest absolute Gasteiger partial charge is 0.237 e. The van der Waals surface area contributed by atoms with E-state index in [0.29, 0.717) is 18.9 Å². The third-order valence-corrected chi connectivity index (χ3v) is 2.96. The van der Waals surface area contributed by atoms with Gasteiger partial charge in [-0.1, -0.05) is 6.92 Å². The van der Waals surface area contributed by atoms with Crippen LogP contribution in [-0.2, 0) is 4.79 Å². The SMILES string of the molecule is CCC(C#N)C(=O)NCC1CCC(O)C1. The number of carbonyl (C=O) groups excluding carboxylic acids is 1. The van der Waals surface area contributed by atoms with Gasteiger partial charge in [0, 0.05) is 6.54 Å². The zero-order valence-corrected chi connectivity index (χ0v) is 9.07. The molecular formula is C11H18N2O2. The number of aliphatic hydroxyl groups is 1. The van der Waals surface area contributed by atoms with Gasteiger partial charge in [0.15, 0.2) is 0 Å². The highest BCUT2D eigenvalue weighted by Crippen LogP contribution is 2.24. The van der Waals surface area contributed by atoms with Crippen LogP contribution >= 0.6 is 0 Å². The van der Waals surface area contributed by atoms with E-state index in [1.54, 1.807) is 0 Å². The van der Waals surface area contributed by atoms with Crippen molar-refractivity contribution in [2.24, 2.45) is 11.8 Å². The van der Waals surface area contributed by atoms with E-state index < -0.39 is 5.92 Å². The van der Waals surface area contributed by atoms with Gasteiger partial charge in [-0.2, -0.15) is 5.26 Å². The predicted octanol–water partition coefficient (Wildman–Crippen LogP) is 0.813. The van der Waals surface area contributed by atoms with Gasteiger partial charge in [0.25, 0.3) is 0 Å². The zero-order chi connectivity index (χ0) is 11.3. The minimum absolute atomic E-state index is 0.179. The Morgan fingerprint density at radius 2 is 2.40 bits per heavy atom. The minimum Gasteiger partial charge on any atom is -0.393 e. The summed E-state index contributed by atoms with van der Waals surface area (Å²) >= 11 is 0. The maximum atomic E-state index is 11.4. The van der Waals surface area contributed by atoms with Crippen molar-refractivity contribution in [2.75, 3.05) is 6.54 Å². The van der Waals surface area contributed by atoms with E-state index in [1.807, 2.05) is 13.0 Å². The van der Waals surface area contributed by atoms with Crippen LogP contribution in [0.3, 0.4) is 0 Å². The molecule has 15 heavy (non-hydrogen) atoms. The molecule has 0 aliphatic heterocycles. The summed E-state index contributed by atoms with van der Waals surface area (Å²) in [5.41, 5.74) is 0. The summed E-state index contributed by atoms with van der Waals surface area (Å²) in [5.74, 6) is -0.335. The number of amides is 1. The lowest BCUT2D eigenvalue weighted by Gasteiger charge is -2.12. The van der Waals surface area contributed by atoms with Crippen molar-refractivity contribution in [1.82, 2.24) is 5.32 Å². The first-order valence-corrected chi connectivity index (χ1v) is 5.52. The van der Waals surface area contributed by atoms with E-state index in [1.165, 1.54) is 0 Å². The lowest BCUT2D eigenvalue weighted by molar-refractivity contribution is -0.123. The molecule has 0 aromatic rings. The van der Waals surface area contributed by atoms with E-state index in [2.05, 4.69) is 5.32 Å². The molecule has 1 aliphatic rings. The van der Waals surface area contributed by atoms with Crippen LogP contribution in [-0.4, -0.2) is 23.7 Å². The monoisotopic (exact) mass is 210 g/mol. The highest BCUT2D eigenvalue weighted by atomic mass is 16.3. The van der Waals surface area contributed by atoms with Crippen molar-refractivity contribution in [3.05, 3.63) is 0 Å². The van der Waals surface area contributed by atoms with Gasteiger partial charge in [0.2, 0.25) is 5.91 Å². The second kappa shape index (κ2) is 5.72.